The Bertz CT molecular complexity index is 978. The third-order valence-corrected chi connectivity index (χ3v) is 4.32. The van der Waals surface area contributed by atoms with Gasteiger partial charge in [0.1, 0.15) is 17.9 Å². The molecule has 1 heterocycles. The van der Waals surface area contributed by atoms with Crippen molar-refractivity contribution in [2.45, 2.75) is 6.92 Å². The van der Waals surface area contributed by atoms with Gasteiger partial charge in [-0.05, 0) is 37.3 Å². The van der Waals surface area contributed by atoms with Gasteiger partial charge in [-0.3, -0.25) is 4.79 Å². The van der Waals surface area contributed by atoms with Crippen LogP contribution < -0.4 is 19.5 Å². The van der Waals surface area contributed by atoms with Gasteiger partial charge in [0.15, 0.2) is 17.3 Å². The maximum Gasteiger partial charge on any atom is 0.291 e. The van der Waals surface area contributed by atoms with Crippen LogP contribution in [-0.4, -0.2) is 40.5 Å². The highest BCUT2D eigenvalue weighted by molar-refractivity contribution is 6.06. The Labute approximate surface area is 163 Å². The number of hydrogen-bond donors (Lipinski definition) is 1. The summed E-state index contributed by atoms with van der Waals surface area (Å²) in [6.07, 6.45) is 0. The molecule has 1 amide bonds. The zero-order chi connectivity index (χ0) is 20.1. The molecule has 0 aliphatic heterocycles. The normalized spacial score (nSPS) is 10.7. The Hall–Kier alpha value is -3.19. The average Bonchev–Trinajstić information content (AvgIpc) is 3.04. The minimum Gasteiger partial charge on any atom is -0.497 e. The fourth-order valence-electron chi connectivity index (χ4n) is 2.83. The second kappa shape index (κ2) is 8.67. The molecular formula is C21H23NO6. The van der Waals surface area contributed by atoms with E-state index in [4.69, 9.17) is 23.4 Å². The zero-order valence-corrected chi connectivity index (χ0v) is 16.3. The van der Waals surface area contributed by atoms with Crippen molar-refractivity contribution in [3.05, 3.63) is 47.7 Å². The van der Waals surface area contributed by atoms with E-state index in [1.165, 1.54) is 0 Å². The molecule has 0 unspecified atom stereocenters. The number of amides is 1. The lowest BCUT2D eigenvalue weighted by atomic mass is 10.1. The molecule has 1 aromatic heterocycles. The number of carbonyl (C=O) groups is 1. The van der Waals surface area contributed by atoms with Crippen molar-refractivity contribution in [1.82, 2.24) is 0 Å². The molecule has 0 atom stereocenters. The number of ether oxygens (including phenoxy) is 4. The smallest absolute Gasteiger partial charge is 0.291 e. The van der Waals surface area contributed by atoms with Crippen LogP contribution in [0.1, 0.15) is 16.1 Å². The number of fused-ring (bicyclic) bond motifs is 1. The molecule has 148 valence electrons. The summed E-state index contributed by atoms with van der Waals surface area (Å²) in [7, 11) is 4.76. The number of nitrogens with one attached hydrogen (secondary N) is 1. The van der Waals surface area contributed by atoms with E-state index in [0.29, 0.717) is 41.7 Å². The number of methoxy groups -OCH3 is 3. The van der Waals surface area contributed by atoms with Crippen LogP contribution in [0.4, 0.5) is 5.69 Å². The number of aryl methyl sites for hydroxylation is 1. The number of benzene rings is 2. The summed E-state index contributed by atoms with van der Waals surface area (Å²) in [6.45, 7) is 2.66. The molecule has 3 rings (SSSR count). The minimum atomic E-state index is -0.347. The average molecular weight is 385 g/mol. The Balaban J connectivity index is 1.83. The van der Waals surface area contributed by atoms with Crippen LogP contribution in [0.5, 0.6) is 17.2 Å². The van der Waals surface area contributed by atoms with Crippen molar-refractivity contribution in [2.24, 2.45) is 0 Å². The van der Waals surface area contributed by atoms with Gasteiger partial charge in [0, 0.05) is 29.8 Å². The van der Waals surface area contributed by atoms with E-state index in [2.05, 4.69) is 5.32 Å². The summed E-state index contributed by atoms with van der Waals surface area (Å²) >= 11 is 0. The molecule has 0 saturated carbocycles. The van der Waals surface area contributed by atoms with Gasteiger partial charge in [0.05, 0.1) is 20.8 Å². The molecule has 0 fully saturated rings. The van der Waals surface area contributed by atoms with Crippen molar-refractivity contribution in [3.8, 4) is 17.2 Å². The van der Waals surface area contributed by atoms with Crippen molar-refractivity contribution in [2.75, 3.05) is 39.9 Å². The van der Waals surface area contributed by atoms with Crippen LogP contribution in [0.2, 0.25) is 0 Å². The number of anilines is 1. The predicted molar refractivity (Wildman–Crippen MR) is 106 cm³/mol. The standard InChI is InChI=1S/C21H23NO6/c1-13-16-12-15(25-3)6-8-17(16)28-20(13)21(23)22-14-5-7-18(26-4)19(11-14)27-10-9-24-2/h5-8,11-12H,9-10H2,1-4H3,(H,22,23). The first kappa shape index (κ1) is 19.6. The van der Waals surface area contributed by atoms with E-state index in [9.17, 15) is 4.79 Å². The number of carbonyl (C=O) groups excluding carboxylic acids is 1. The molecule has 7 nitrogen and oxygen atoms in total. The lowest BCUT2D eigenvalue weighted by Crippen LogP contribution is -2.12. The zero-order valence-electron chi connectivity index (χ0n) is 16.3. The fraction of sp³-hybridized carbons (Fsp3) is 0.286. The van der Waals surface area contributed by atoms with E-state index in [0.717, 1.165) is 10.9 Å². The Morgan fingerprint density at radius 1 is 1.00 bits per heavy atom. The van der Waals surface area contributed by atoms with Crippen molar-refractivity contribution in [3.63, 3.8) is 0 Å². The van der Waals surface area contributed by atoms with E-state index in [-0.39, 0.29) is 11.7 Å². The summed E-state index contributed by atoms with van der Waals surface area (Å²) < 4.78 is 26.9. The van der Waals surface area contributed by atoms with Crippen LogP contribution in [0, 0.1) is 6.92 Å². The molecule has 0 aliphatic carbocycles. The summed E-state index contributed by atoms with van der Waals surface area (Å²) in [5, 5.41) is 3.68. The Morgan fingerprint density at radius 2 is 1.82 bits per heavy atom. The van der Waals surface area contributed by atoms with E-state index >= 15 is 0 Å². The fourth-order valence-corrected chi connectivity index (χ4v) is 2.83. The molecule has 0 aliphatic rings. The van der Waals surface area contributed by atoms with Gasteiger partial charge in [-0.25, -0.2) is 0 Å². The van der Waals surface area contributed by atoms with Gasteiger partial charge in [-0.2, -0.15) is 0 Å². The molecule has 7 heteroatoms. The topological polar surface area (TPSA) is 79.2 Å². The van der Waals surface area contributed by atoms with Crippen LogP contribution in [0.3, 0.4) is 0 Å². The van der Waals surface area contributed by atoms with Crippen LogP contribution >= 0.6 is 0 Å². The van der Waals surface area contributed by atoms with Gasteiger partial charge < -0.3 is 28.7 Å². The lowest BCUT2D eigenvalue weighted by molar-refractivity contribution is 0.0998. The molecule has 28 heavy (non-hydrogen) atoms. The minimum absolute atomic E-state index is 0.251. The molecule has 0 radical (unpaired) electrons. The van der Waals surface area contributed by atoms with Gasteiger partial charge >= 0.3 is 0 Å². The molecule has 0 spiro atoms. The number of furan rings is 1. The molecule has 0 bridgehead atoms. The maximum atomic E-state index is 12.8. The highest BCUT2D eigenvalue weighted by Gasteiger charge is 2.19. The quantitative estimate of drug-likeness (QED) is 0.590. The molecule has 2 aromatic carbocycles. The van der Waals surface area contributed by atoms with Crippen LogP contribution in [0.25, 0.3) is 11.0 Å². The molecule has 1 N–H and O–H groups in total. The second-order valence-electron chi connectivity index (χ2n) is 6.08. The van der Waals surface area contributed by atoms with Gasteiger partial charge in [-0.15, -0.1) is 0 Å². The SMILES string of the molecule is COCCOc1cc(NC(=O)c2oc3ccc(OC)cc3c2C)ccc1OC. The van der Waals surface area contributed by atoms with E-state index in [1.807, 2.05) is 13.0 Å². The van der Waals surface area contributed by atoms with Gasteiger partial charge in [-0.1, -0.05) is 0 Å². The summed E-state index contributed by atoms with van der Waals surface area (Å²) in [5.41, 5.74) is 1.94. The van der Waals surface area contributed by atoms with Crippen LogP contribution in [0.15, 0.2) is 40.8 Å². The first-order valence-corrected chi connectivity index (χ1v) is 8.75. The third-order valence-electron chi connectivity index (χ3n) is 4.32. The number of rotatable bonds is 8. The summed E-state index contributed by atoms with van der Waals surface area (Å²) in [5.74, 6) is 1.70. The summed E-state index contributed by atoms with van der Waals surface area (Å²) in [6, 6.07) is 10.6. The van der Waals surface area contributed by atoms with Gasteiger partial charge in [0.25, 0.3) is 5.91 Å². The van der Waals surface area contributed by atoms with Crippen molar-refractivity contribution < 1.29 is 28.2 Å². The molecule has 0 saturated heterocycles. The largest absolute Gasteiger partial charge is 0.497 e. The van der Waals surface area contributed by atoms with Crippen molar-refractivity contribution >= 4 is 22.6 Å². The van der Waals surface area contributed by atoms with Crippen molar-refractivity contribution in [1.29, 1.82) is 0 Å². The van der Waals surface area contributed by atoms with Gasteiger partial charge in [0.2, 0.25) is 0 Å². The van der Waals surface area contributed by atoms with Crippen LogP contribution in [-0.2, 0) is 4.74 Å². The maximum absolute atomic E-state index is 12.8. The lowest BCUT2D eigenvalue weighted by Gasteiger charge is -2.12. The predicted octanol–water partition coefficient (Wildman–Crippen LogP) is 4.04. The van der Waals surface area contributed by atoms with E-state index < -0.39 is 0 Å². The second-order valence-corrected chi connectivity index (χ2v) is 6.08. The first-order chi connectivity index (χ1) is 13.6. The molecule has 3 aromatic rings. The third kappa shape index (κ3) is 4.04. The number of hydrogen-bond acceptors (Lipinski definition) is 6. The molecular weight excluding hydrogens is 362 g/mol. The highest BCUT2D eigenvalue weighted by atomic mass is 16.5. The first-order valence-electron chi connectivity index (χ1n) is 8.75. The Morgan fingerprint density at radius 3 is 2.54 bits per heavy atom. The Kier molecular flexibility index (Phi) is 6.06. The highest BCUT2D eigenvalue weighted by Crippen LogP contribution is 2.32. The van der Waals surface area contributed by atoms with E-state index in [1.54, 1.807) is 51.7 Å². The summed E-state index contributed by atoms with van der Waals surface area (Å²) in [4.78, 5) is 12.8. The monoisotopic (exact) mass is 385 g/mol.